The molecule has 0 spiro atoms. The monoisotopic (exact) mass is 365 g/mol. The standard InChI is InChI=1S/C20H31NO5/c1-6-20(7-2,8-3)26-19(22)13-16-15-12-18(25-5)17(24-4)11-14(15)9-10-21(16)23/h11-12,16,23H,6-10,13H2,1-5H3/t16-/m0/s1. The molecule has 0 aliphatic carbocycles. The molecule has 1 atom stereocenters. The van der Waals surface area contributed by atoms with E-state index in [2.05, 4.69) is 0 Å². The summed E-state index contributed by atoms with van der Waals surface area (Å²) in [6.07, 6.45) is 3.11. The van der Waals surface area contributed by atoms with Crippen molar-refractivity contribution in [2.75, 3.05) is 20.8 Å². The fourth-order valence-electron chi connectivity index (χ4n) is 3.64. The molecule has 0 aromatic heterocycles. The Morgan fingerprint density at radius 3 is 2.27 bits per heavy atom. The Kier molecular flexibility index (Phi) is 6.89. The molecule has 0 amide bonds. The molecule has 1 aliphatic heterocycles. The third-order valence-corrected chi connectivity index (χ3v) is 5.60. The van der Waals surface area contributed by atoms with Crippen LogP contribution in [0.5, 0.6) is 11.5 Å². The first kappa shape index (κ1) is 20.5. The van der Waals surface area contributed by atoms with Gasteiger partial charge in [-0.05, 0) is 48.9 Å². The predicted octanol–water partition coefficient (Wildman–Crippen LogP) is 3.89. The number of fused-ring (bicyclic) bond motifs is 1. The Morgan fingerprint density at radius 2 is 1.73 bits per heavy atom. The minimum absolute atomic E-state index is 0.0979. The number of esters is 1. The highest BCUT2D eigenvalue weighted by molar-refractivity contribution is 5.71. The van der Waals surface area contributed by atoms with Gasteiger partial charge in [0.25, 0.3) is 0 Å². The predicted molar refractivity (Wildman–Crippen MR) is 98.8 cm³/mol. The van der Waals surface area contributed by atoms with Crippen LogP contribution in [0.2, 0.25) is 0 Å². The smallest absolute Gasteiger partial charge is 0.308 e. The summed E-state index contributed by atoms with van der Waals surface area (Å²) in [7, 11) is 3.17. The third kappa shape index (κ3) is 4.13. The molecule has 0 bridgehead atoms. The van der Waals surface area contributed by atoms with Gasteiger partial charge in [0.15, 0.2) is 11.5 Å². The van der Waals surface area contributed by atoms with Crippen molar-refractivity contribution in [3.8, 4) is 11.5 Å². The highest BCUT2D eigenvalue weighted by atomic mass is 16.6. The molecule has 1 aliphatic rings. The molecule has 0 unspecified atom stereocenters. The number of carbonyl (C=O) groups excluding carboxylic acids is 1. The van der Waals surface area contributed by atoms with Gasteiger partial charge in [-0.15, -0.1) is 0 Å². The maximum Gasteiger partial charge on any atom is 0.308 e. The molecule has 1 aromatic carbocycles. The molecule has 26 heavy (non-hydrogen) atoms. The van der Waals surface area contributed by atoms with Crippen molar-refractivity contribution < 1.29 is 24.2 Å². The molecule has 1 aromatic rings. The molecule has 6 heteroatoms. The Balaban J connectivity index is 2.26. The lowest BCUT2D eigenvalue weighted by atomic mass is 9.91. The Bertz CT molecular complexity index is 619. The first-order valence-electron chi connectivity index (χ1n) is 9.35. The Morgan fingerprint density at radius 1 is 1.15 bits per heavy atom. The number of ether oxygens (including phenoxy) is 3. The molecule has 0 saturated carbocycles. The van der Waals surface area contributed by atoms with E-state index in [9.17, 15) is 10.0 Å². The summed E-state index contributed by atoms with van der Waals surface area (Å²) >= 11 is 0. The van der Waals surface area contributed by atoms with Gasteiger partial charge in [0.05, 0.1) is 26.7 Å². The van der Waals surface area contributed by atoms with Gasteiger partial charge >= 0.3 is 5.97 Å². The maximum absolute atomic E-state index is 12.6. The van der Waals surface area contributed by atoms with Crippen LogP contribution in [0.3, 0.4) is 0 Å². The lowest BCUT2D eigenvalue weighted by Gasteiger charge is -2.35. The molecule has 0 radical (unpaired) electrons. The van der Waals surface area contributed by atoms with Crippen LogP contribution in [-0.4, -0.2) is 42.6 Å². The highest BCUT2D eigenvalue weighted by Gasteiger charge is 2.34. The van der Waals surface area contributed by atoms with Gasteiger partial charge in [-0.3, -0.25) is 4.79 Å². The fraction of sp³-hybridized carbons (Fsp3) is 0.650. The second kappa shape index (κ2) is 8.73. The van der Waals surface area contributed by atoms with Gasteiger partial charge in [0.1, 0.15) is 5.60 Å². The SMILES string of the molecule is CCC(CC)(CC)OC(=O)C[C@H]1c2cc(OC)c(OC)cc2CCN1O. The number of methoxy groups -OCH3 is 2. The molecule has 2 rings (SSSR count). The number of hydrogen-bond acceptors (Lipinski definition) is 6. The van der Waals surface area contributed by atoms with E-state index in [4.69, 9.17) is 14.2 Å². The molecular weight excluding hydrogens is 334 g/mol. The van der Waals surface area contributed by atoms with Crippen LogP contribution < -0.4 is 9.47 Å². The van der Waals surface area contributed by atoms with Crippen LogP contribution in [0.25, 0.3) is 0 Å². The van der Waals surface area contributed by atoms with Crippen LogP contribution in [0.1, 0.15) is 63.6 Å². The number of benzene rings is 1. The quantitative estimate of drug-likeness (QED) is 0.705. The van der Waals surface area contributed by atoms with Gasteiger partial charge in [0.2, 0.25) is 0 Å². The van der Waals surface area contributed by atoms with Crippen molar-refractivity contribution in [1.29, 1.82) is 0 Å². The molecule has 1 heterocycles. The van der Waals surface area contributed by atoms with Crippen molar-refractivity contribution >= 4 is 5.97 Å². The van der Waals surface area contributed by atoms with Crippen LogP contribution in [0, 0.1) is 0 Å². The number of carbonyl (C=O) groups is 1. The number of hydroxylamine groups is 2. The number of nitrogens with zero attached hydrogens (tertiary/aromatic N) is 1. The molecule has 1 N–H and O–H groups in total. The zero-order valence-corrected chi connectivity index (χ0v) is 16.5. The summed E-state index contributed by atoms with van der Waals surface area (Å²) in [5, 5.41) is 11.6. The first-order chi connectivity index (χ1) is 12.4. The molecule has 6 nitrogen and oxygen atoms in total. The van der Waals surface area contributed by atoms with Crippen molar-refractivity contribution in [3.05, 3.63) is 23.3 Å². The number of rotatable bonds is 8. The van der Waals surface area contributed by atoms with E-state index < -0.39 is 11.6 Å². The van der Waals surface area contributed by atoms with Crippen LogP contribution in [-0.2, 0) is 16.0 Å². The van der Waals surface area contributed by atoms with E-state index in [0.717, 1.165) is 30.4 Å². The van der Waals surface area contributed by atoms with Crippen molar-refractivity contribution in [1.82, 2.24) is 5.06 Å². The number of hydrogen-bond donors (Lipinski definition) is 1. The summed E-state index contributed by atoms with van der Waals surface area (Å²) in [6.45, 7) is 6.56. The first-order valence-corrected chi connectivity index (χ1v) is 9.35. The average Bonchev–Trinajstić information content (AvgIpc) is 2.67. The maximum atomic E-state index is 12.6. The summed E-state index contributed by atoms with van der Waals surface area (Å²) < 4.78 is 16.6. The Hall–Kier alpha value is -1.79. The van der Waals surface area contributed by atoms with Gasteiger partial charge in [0, 0.05) is 6.54 Å². The molecule has 0 fully saturated rings. The van der Waals surface area contributed by atoms with Crippen LogP contribution in [0.15, 0.2) is 12.1 Å². The average molecular weight is 365 g/mol. The van der Waals surface area contributed by atoms with Crippen molar-refractivity contribution in [3.63, 3.8) is 0 Å². The van der Waals surface area contributed by atoms with Crippen LogP contribution >= 0.6 is 0 Å². The normalized spacial score (nSPS) is 17.5. The van der Waals surface area contributed by atoms with Gasteiger partial charge in [-0.1, -0.05) is 20.8 Å². The second-order valence-electron chi connectivity index (χ2n) is 6.76. The van der Waals surface area contributed by atoms with Gasteiger partial charge in [-0.25, -0.2) is 0 Å². The summed E-state index contributed by atoms with van der Waals surface area (Å²) in [5.41, 5.74) is 1.51. The minimum atomic E-state index is -0.450. The topological polar surface area (TPSA) is 68.2 Å². The van der Waals surface area contributed by atoms with E-state index in [0.29, 0.717) is 24.5 Å². The van der Waals surface area contributed by atoms with E-state index in [1.54, 1.807) is 14.2 Å². The van der Waals surface area contributed by atoms with Crippen LogP contribution in [0.4, 0.5) is 0 Å². The Labute approximate surface area is 156 Å². The van der Waals surface area contributed by atoms with Gasteiger partial charge in [-0.2, -0.15) is 5.06 Å². The van der Waals surface area contributed by atoms with E-state index >= 15 is 0 Å². The van der Waals surface area contributed by atoms with E-state index in [1.807, 2.05) is 32.9 Å². The third-order valence-electron chi connectivity index (χ3n) is 5.60. The van der Waals surface area contributed by atoms with Crippen molar-refractivity contribution in [2.24, 2.45) is 0 Å². The summed E-state index contributed by atoms with van der Waals surface area (Å²) in [5.74, 6) is 0.952. The van der Waals surface area contributed by atoms with E-state index in [-0.39, 0.29) is 12.4 Å². The zero-order valence-electron chi connectivity index (χ0n) is 16.5. The summed E-state index contributed by atoms with van der Waals surface area (Å²) in [4.78, 5) is 12.6. The molecule has 146 valence electrons. The van der Waals surface area contributed by atoms with Crippen molar-refractivity contribution in [2.45, 2.75) is 64.5 Å². The lowest BCUT2D eigenvalue weighted by molar-refractivity contribution is -0.173. The molecular formula is C20H31NO5. The second-order valence-corrected chi connectivity index (χ2v) is 6.76. The lowest BCUT2D eigenvalue weighted by Crippen LogP contribution is -2.37. The minimum Gasteiger partial charge on any atom is -0.493 e. The van der Waals surface area contributed by atoms with Gasteiger partial charge < -0.3 is 19.4 Å². The fourth-order valence-corrected chi connectivity index (χ4v) is 3.64. The van der Waals surface area contributed by atoms with E-state index in [1.165, 1.54) is 5.06 Å². The highest BCUT2D eigenvalue weighted by Crippen LogP contribution is 2.39. The molecule has 0 saturated heterocycles. The largest absolute Gasteiger partial charge is 0.493 e. The summed E-state index contributed by atoms with van der Waals surface area (Å²) in [6, 6.07) is 3.32. The zero-order chi connectivity index (χ0) is 19.3.